The Morgan fingerprint density at radius 3 is 2.40 bits per heavy atom. The van der Waals surface area contributed by atoms with Crippen LogP contribution < -0.4 is 4.90 Å². The molecule has 35 heavy (non-hydrogen) atoms. The summed E-state index contributed by atoms with van der Waals surface area (Å²) in [4.78, 5) is 33.2. The molecule has 0 bridgehead atoms. The smallest absolute Gasteiger partial charge is 0.368 e. The molecule has 0 spiro atoms. The second kappa shape index (κ2) is 9.03. The van der Waals surface area contributed by atoms with Crippen molar-refractivity contribution >= 4 is 28.8 Å². The predicted octanol–water partition coefficient (Wildman–Crippen LogP) is 5.03. The number of rotatable bonds is 3. The van der Waals surface area contributed by atoms with Crippen LogP contribution in [0.1, 0.15) is 38.3 Å². The Hall–Kier alpha value is -3.33. The summed E-state index contributed by atoms with van der Waals surface area (Å²) in [5.41, 5.74) is 1.07. The summed E-state index contributed by atoms with van der Waals surface area (Å²) in [5, 5.41) is 1.93. The second-order valence-electron chi connectivity index (χ2n) is 8.80. The minimum atomic E-state index is -4.40. The summed E-state index contributed by atoms with van der Waals surface area (Å²) in [6, 6.07) is 16.0. The van der Waals surface area contributed by atoms with Gasteiger partial charge in [-0.1, -0.05) is 30.3 Å². The number of nitrogens with zero attached hydrogens (tertiary/aromatic N) is 3. The highest BCUT2D eigenvalue weighted by molar-refractivity contribution is 7.10. The Balaban J connectivity index is 1.40. The molecule has 3 heterocycles. The Kier molecular flexibility index (Phi) is 6.04. The third-order valence-electron chi connectivity index (χ3n) is 6.81. The molecule has 0 N–H and O–H groups in total. The lowest BCUT2D eigenvalue weighted by atomic mass is 9.81. The number of alkyl halides is 3. The van der Waals surface area contributed by atoms with Gasteiger partial charge in [0.15, 0.2) is 0 Å². The number of halogens is 3. The second-order valence-corrected chi connectivity index (χ2v) is 9.78. The zero-order chi connectivity index (χ0) is 24.7. The van der Waals surface area contributed by atoms with E-state index >= 15 is 0 Å². The van der Waals surface area contributed by atoms with Crippen molar-refractivity contribution in [3.63, 3.8) is 0 Å². The van der Waals surface area contributed by atoms with E-state index in [-0.39, 0.29) is 11.8 Å². The normalized spacial score (nSPS) is 20.7. The average molecular weight is 500 g/mol. The number of carbonyl (C=O) groups is 2. The largest absolute Gasteiger partial charge is 0.416 e. The van der Waals surface area contributed by atoms with E-state index in [0.717, 1.165) is 22.6 Å². The van der Waals surface area contributed by atoms with Gasteiger partial charge in [0, 0.05) is 49.4 Å². The quantitative estimate of drug-likeness (QED) is 0.508. The van der Waals surface area contributed by atoms with E-state index in [4.69, 9.17) is 0 Å². The first-order valence-corrected chi connectivity index (χ1v) is 12.2. The Morgan fingerprint density at radius 2 is 1.71 bits per heavy atom. The van der Waals surface area contributed by atoms with Gasteiger partial charge >= 0.3 is 6.18 Å². The monoisotopic (exact) mass is 499 g/mol. The standard InChI is InChI=1S/C26H24F3N3O2S/c1-30-23(21-10-5-15-35-21)22(19-8-2-3-9-20(19)24(30)33)25(34)32-13-11-31(12-14-32)18-7-4-6-17(16-18)26(27,28)29/h2-10,15-16,22-23H,11-14H2,1H3/t22-,23+/m0/s1. The lowest BCUT2D eigenvalue weighted by Gasteiger charge is -2.43. The topological polar surface area (TPSA) is 43.9 Å². The van der Waals surface area contributed by atoms with Gasteiger partial charge in [0.25, 0.3) is 5.91 Å². The van der Waals surface area contributed by atoms with Crippen molar-refractivity contribution in [2.24, 2.45) is 0 Å². The Labute approximate surface area is 205 Å². The molecule has 2 aliphatic rings. The SMILES string of the molecule is CN1C(=O)c2ccccc2[C@H](C(=O)N2CCN(c3cccc(C(F)(F)F)c3)CC2)[C@H]1c1cccs1. The van der Waals surface area contributed by atoms with Crippen molar-refractivity contribution in [1.82, 2.24) is 9.80 Å². The summed E-state index contributed by atoms with van der Waals surface area (Å²) in [5.74, 6) is -0.732. The highest BCUT2D eigenvalue weighted by Gasteiger charge is 2.44. The summed E-state index contributed by atoms with van der Waals surface area (Å²) < 4.78 is 39.4. The van der Waals surface area contributed by atoms with Gasteiger partial charge in [0.2, 0.25) is 5.91 Å². The highest BCUT2D eigenvalue weighted by atomic mass is 32.1. The van der Waals surface area contributed by atoms with Gasteiger partial charge in [0.05, 0.1) is 17.5 Å². The third kappa shape index (κ3) is 4.29. The number of hydrogen-bond acceptors (Lipinski definition) is 4. The van der Waals surface area contributed by atoms with E-state index in [1.807, 2.05) is 34.5 Å². The number of benzene rings is 2. The highest BCUT2D eigenvalue weighted by Crippen LogP contribution is 2.44. The lowest BCUT2D eigenvalue weighted by molar-refractivity contribution is -0.137. The number of hydrogen-bond donors (Lipinski definition) is 0. The molecule has 1 aromatic heterocycles. The van der Waals surface area contributed by atoms with Gasteiger partial charge < -0.3 is 14.7 Å². The lowest BCUT2D eigenvalue weighted by Crippen LogP contribution is -2.53. The van der Waals surface area contributed by atoms with E-state index in [1.54, 1.807) is 35.0 Å². The Morgan fingerprint density at radius 1 is 0.971 bits per heavy atom. The molecule has 182 valence electrons. The molecule has 2 atom stereocenters. The fourth-order valence-corrected chi connectivity index (χ4v) is 5.92. The minimum Gasteiger partial charge on any atom is -0.368 e. The maximum absolute atomic E-state index is 13.9. The van der Waals surface area contributed by atoms with Crippen molar-refractivity contribution in [2.45, 2.75) is 18.1 Å². The maximum Gasteiger partial charge on any atom is 0.416 e. The van der Waals surface area contributed by atoms with Crippen LogP contribution in [-0.4, -0.2) is 54.8 Å². The average Bonchev–Trinajstić information content (AvgIpc) is 3.40. The summed E-state index contributed by atoms with van der Waals surface area (Å²) in [6.45, 7) is 1.64. The number of piperazine rings is 1. The molecule has 9 heteroatoms. The van der Waals surface area contributed by atoms with Gasteiger partial charge in [-0.2, -0.15) is 13.2 Å². The molecule has 5 nitrogen and oxygen atoms in total. The maximum atomic E-state index is 13.9. The molecule has 0 aliphatic carbocycles. The summed E-state index contributed by atoms with van der Waals surface area (Å²) >= 11 is 1.51. The zero-order valence-corrected chi connectivity index (χ0v) is 19.9. The summed E-state index contributed by atoms with van der Waals surface area (Å²) in [7, 11) is 1.73. The van der Waals surface area contributed by atoms with Gasteiger partial charge in [-0.15, -0.1) is 11.3 Å². The van der Waals surface area contributed by atoms with Crippen molar-refractivity contribution in [1.29, 1.82) is 0 Å². The van der Waals surface area contributed by atoms with Gasteiger partial charge in [-0.05, 0) is 41.3 Å². The van der Waals surface area contributed by atoms with E-state index in [1.165, 1.54) is 17.4 Å². The molecule has 1 fully saturated rings. The fraction of sp³-hybridized carbons (Fsp3) is 0.308. The molecule has 3 aromatic rings. The minimum absolute atomic E-state index is 0.0705. The molecule has 2 aliphatic heterocycles. The first-order chi connectivity index (χ1) is 16.8. The number of amides is 2. The fourth-order valence-electron chi connectivity index (χ4n) is 5.02. The van der Waals surface area contributed by atoms with Crippen LogP contribution in [0.4, 0.5) is 18.9 Å². The van der Waals surface area contributed by atoms with Crippen LogP contribution in [0.25, 0.3) is 0 Å². The predicted molar refractivity (Wildman–Crippen MR) is 129 cm³/mol. The molecular weight excluding hydrogens is 475 g/mol. The van der Waals surface area contributed by atoms with Crippen LogP contribution in [0.3, 0.4) is 0 Å². The van der Waals surface area contributed by atoms with Gasteiger partial charge in [0.1, 0.15) is 0 Å². The van der Waals surface area contributed by atoms with Crippen molar-refractivity contribution < 1.29 is 22.8 Å². The van der Waals surface area contributed by atoms with E-state index in [2.05, 4.69) is 0 Å². The molecule has 0 unspecified atom stereocenters. The first-order valence-electron chi connectivity index (χ1n) is 11.4. The van der Waals surface area contributed by atoms with E-state index in [0.29, 0.717) is 37.4 Å². The molecule has 2 amide bonds. The number of anilines is 1. The van der Waals surface area contributed by atoms with Crippen LogP contribution in [-0.2, 0) is 11.0 Å². The number of thiophene rings is 1. The number of fused-ring (bicyclic) bond motifs is 1. The van der Waals surface area contributed by atoms with Gasteiger partial charge in [-0.25, -0.2) is 0 Å². The van der Waals surface area contributed by atoms with Crippen LogP contribution in [0.5, 0.6) is 0 Å². The Bertz CT molecular complexity index is 1240. The molecular formula is C26H24F3N3O2S. The van der Waals surface area contributed by atoms with E-state index in [9.17, 15) is 22.8 Å². The summed E-state index contributed by atoms with van der Waals surface area (Å²) in [6.07, 6.45) is -4.40. The van der Waals surface area contributed by atoms with Gasteiger partial charge in [-0.3, -0.25) is 9.59 Å². The van der Waals surface area contributed by atoms with Crippen molar-refractivity contribution in [2.75, 3.05) is 38.1 Å². The third-order valence-corrected chi connectivity index (χ3v) is 7.75. The van der Waals surface area contributed by atoms with Crippen molar-refractivity contribution in [3.05, 3.63) is 87.6 Å². The van der Waals surface area contributed by atoms with Crippen LogP contribution in [0, 0.1) is 0 Å². The molecule has 0 radical (unpaired) electrons. The number of carbonyl (C=O) groups excluding carboxylic acids is 2. The van der Waals surface area contributed by atoms with Crippen LogP contribution in [0.2, 0.25) is 0 Å². The first kappa shape index (κ1) is 23.4. The molecule has 0 saturated carbocycles. The molecule has 1 saturated heterocycles. The van der Waals surface area contributed by atoms with Crippen LogP contribution in [0.15, 0.2) is 66.0 Å². The van der Waals surface area contributed by atoms with E-state index < -0.39 is 23.7 Å². The molecule has 5 rings (SSSR count). The zero-order valence-electron chi connectivity index (χ0n) is 19.0. The van der Waals surface area contributed by atoms with Crippen LogP contribution >= 0.6 is 11.3 Å². The van der Waals surface area contributed by atoms with Crippen molar-refractivity contribution in [3.8, 4) is 0 Å². The number of likely N-dealkylation sites (N-methyl/N-ethyl adjacent to an activating group) is 1. The molecule has 2 aromatic carbocycles.